The van der Waals surface area contributed by atoms with Crippen molar-refractivity contribution in [3.63, 3.8) is 0 Å². The minimum atomic E-state index is -0.336. The van der Waals surface area contributed by atoms with Gasteiger partial charge in [0.2, 0.25) is 5.06 Å². The molecule has 0 amide bonds. The molecule has 0 fully saturated rings. The summed E-state index contributed by atoms with van der Waals surface area (Å²) in [4.78, 5) is 6.32. The summed E-state index contributed by atoms with van der Waals surface area (Å²) in [7, 11) is 3.82. The Balaban J connectivity index is 1.93. The molecule has 0 atom stereocenters. The lowest BCUT2D eigenvalue weighted by atomic mass is 10.1. The van der Waals surface area contributed by atoms with E-state index in [2.05, 4.69) is 15.4 Å². The van der Waals surface area contributed by atoms with Gasteiger partial charge in [0.1, 0.15) is 28.9 Å². The molecule has 3 rings (SSSR count). The molecule has 0 aliphatic rings. The van der Waals surface area contributed by atoms with E-state index in [0.29, 0.717) is 27.6 Å². The molecule has 0 radical (unpaired) electrons. The van der Waals surface area contributed by atoms with Crippen LogP contribution in [-0.2, 0) is 0 Å². The van der Waals surface area contributed by atoms with E-state index in [4.69, 9.17) is 4.74 Å². The Hall–Kier alpha value is -3.24. The minimum absolute atomic E-state index is 0.336. The van der Waals surface area contributed by atoms with Gasteiger partial charge in [-0.25, -0.2) is 9.38 Å². The first kappa shape index (κ1) is 19.5. The Morgan fingerprint density at radius 1 is 1.18 bits per heavy atom. The second-order valence-corrected chi connectivity index (χ2v) is 7.26. The molecule has 0 saturated heterocycles. The SMILES string of the molecule is Cc1cc(Oc2snc(-c3ccc(F)cc3)c2C#N)c(C)cc1N=CN(C)C. The summed E-state index contributed by atoms with van der Waals surface area (Å²) in [5, 5.41) is 10.0. The summed E-state index contributed by atoms with van der Waals surface area (Å²) in [6, 6.07) is 11.9. The molecular formula is C21H19FN4OS. The van der Waals surface area contributed by atoms with Crippen molar-refractivity contribution in [2.75, 3.05) is 14.1 Å². The summed E-state index contributed by atoms with van der Waals surface area (Å²) in [5.74, 6) is 0.309. The monoisotopic (exact) mass is 394 g/mol. The van der Waals surface area contributed by atoms with E-state index < -0.39 is 0 Å². The van der Waals surface area contributed by atoms with Crippen molar-refractivity contribution in [2.24, 2.45) is 4.99 Å². The summed E-state index contributed by atoms with van der Waals surface area (Å²) in [5.41, 5.74) is 4.21. The zero-order valence-corrected chi connectivity index (χ0v) is 16.8. The number of rotatable bonds is 5. The third kappa shape index (κ3) is 4.18. The van der Waals surface area contributed by atoms with E-state index >= 15 is 0 Å². The summed E-state index contributed by atoms with van der Waals surface area (Å²) >= 11 is 1.10. The van der Waals surface area contributed by atoms with Crippen LogP contribution < -0.4 is 4.74 Å². The van der Waals surface area contributed by atoms with Gasteiger partial charge in [-0.15, -0.1) is 0 Å². The molecule has 142 valence electrons. The highest BCUT2D eigenvalue weighted by Crippen LogP contribution is 2.38. The molecule has 0 N–H and O–H groups in total. The molecule has 0 unspecified atom stereocenters. The Morgan fingerprint density at radius 3 is 2.54 bits per heavy atom. The second-order valence-electron chi connectivity index (χ2n) is 6.53. The molecule has 1 heterocycles. The zero-order chi connectivity index (χ0) is 20.3. The lowest BCUT2D eigenvalue weighted by Crippen LogP contribution is -2.07. The Labute approximate surface area is 167 Å². The van der Waals surface area contributed by atoms with E-state index in [0.717, 1.165) is 28.3 Å². The Bertz CT molecular complexity index is 1070. The summed E-state index contributed by atoms with van der Waals surface area (Å²) in [6.45, 7) is 3.88. The Kier molecular flexibility index (Phi) is 5.71. The molecular weight excluding hydrogens is 375 g/mol. The number of aromatic nitrogens is 1. The maximum absolute atomic E-state index is 13.2. The molecule has 0 aliphatic heterocycles. The van der Waals surface area contributed by atoms with Gasteiger partial charge < -0.3 is 9.64 Å². The van der Waals surface area contributed by atoms with Gasteiger partial charge in [0, 0.05) is 31.2 Å². The van der Waals surface area contributed by atoms with E-state index in [1.807, 2.05) is 45.0 Å². The number of hydrogen-bond acceptors (Lipinski definition) is 5. The van der Waals surface area contributed by atoms with Gasteiger partial charge in [-0.3, -0.25) is 0 Å². The quantitative estimate of drug-likeness (QED) is 0.426. The van der Waals surface area contributed by atoms with Crippen LogP contribution in [0.5, 0.6) is 10.8 Å². The van der Waals surface area contributed by atoms with Gasteiger partial charge in [0.05, 0.1) is 12.0 Å². The lowest BCUT2D eigenvalue weighted by Gasteiger charge is -2.11. The first-order valence-electron chi connectivity index (χ1n) is 8.54. The van der Waals surface area contributed by atoms with Gasteiger partial charge in [0.15, 0.2) is 0 Å². The van der Waals surface area contributed by atoms with E-state index in [1.54, 1.807) is 18.5 Å². The molecule has 3 aromatic rings. The molecule has 0 spiro atoms. The predicted molar refractivity (Wildman–Crippen MR) is 110 cm³/mol. The van der Waals surface area contributed by atoms with Gasteiger partial charge >= 0.3 is 0 Å². The van der Waals surface area contributed by atoms with Crippen LogP contribution in [0.3, 0.4) is 0 Å². The summed E-state index contributed by atoms with van der Waals surface area (Å²) < 4.78 is 23.5. The number of nitriles is 1. The minimum Gasteiger partial charge on any atom is -0.443 e. The first-order valence-corrected chi connectivity index (χ1v) is 9.32. The Morgan fingerprint density at radius 2 is 1.89 bits per heavy atom. The van der Waals surface area contributed by atoms with E-state index in [-0.39, 0.29) is 5.82 Å². The van der Waals surface area contributed by atoms with Crippen molar-refractivity contribution in [3.8, 4) is 28.1 Å². The van der Waals surface area contributed by atoms with Crippen LogP contribution in [0.2, 0.25) is 0 Å². The van der Waals surface area contributed by atoms with Crippen molar-refractivity contribution in [1.82, 2.24) is 9.27 Å². The maximum atomic E-state index is 13.2. The number of aliphatic imine (C=N–C) groups is 1. The highest BCUT2D eigenvalue weighted by molar-refractivity contribution is 7.08. The van der Waals surface area contributed by atoms with Crippen LogP contribution in [0, 0.1) is 31.0 Å². The zero-order valence-electron chi connectivity index (χ0n) is 16.0. The average Bonchev–Trinajstić information content (AvgIpc) is 3.06. The van der Waals surface area contributed by atoms with Gasteiger partial charge in [-0.1, -0.05) is 0 Å². The molecule has 5 nitrogen and oxygen atoms in total. The smallest absolute Gasteiger partial charge is 0.218 e. The summed E-state index contributed by atoms with van der Waals surface area (Å²) in [6.07, 6.45) is 1.74. The van der Waals surface area contributed by atoms with Crippen LogP contribution in [0.4, 0.5) is 10.1 Å². The van der Waals surface area contributed by atoms with Crippen LogP contribution >= 0.6 is 11.5 Å². The van der Waals surface area contributed by atoms with Crippen molar-refractivity contribution >= 4 is 23.6 Å². The molecule has 7 heteroatoms. The van der Waals surface area contributed by atoms with Gasteiger partial charge in [-0.05, 0) is 61.4 Å². The third-order valence-electron chi connectivity index (χ3n) is 4.01. The maximum Gasteiger partial charge on any atom is 0.218 e. The van der Waals surface area contributed by atoms with Gasteiger partial charge in [0.25, 0.3) is 0 Å². The number of aryl methyl sites for hydroxylation is 2. The van der Waals surface area contributed by atoms with Crippen molar-refractivity contribution in [1.29, 1.82) is 5.26 Å². The second kappa shape index (κ2) is 8.19. The number of ether oxygens (including phenoxy) is 1. The lowest BCUT2D eigenvalue weighted by molar-refractivity contribution is 0.491. The van der Waals surface area contributed by atoms with Crippen molar-refractivity contribution in [3.05, 3.63) is 58.9 Å². The predicted octanol–water partition coefficient (Wildman–Crippen LogP) is 5.45. The fourth-order valence-electron chi connectivity index (χ4n) is 2.55. The first-order chi connectivity index (χ1) is 13.4. The number of halogens is 1. The molecule has 28 heavy (non-hydrogen) atoms. The highest BCUT2D eigenvalue weighted by atomic mass is 32.1. The van der Waals surface area contributed by atoms with Crippen molar-refractivity contribution < 1.29 is 9.13 Å². The molecule has 0 bridgehead atoms. The van der Waals surface area contributed by atoms with Gasteiger partial charge in [-0.2, -0.15) is 9.64 Å². The van der Waals surface area contributed by atoms with Crippen LogP contribution in [0.15, 0.2) is 41.4 Å². The van der Waals surface area contributed by atoms with E-state index in [1.165, 1.54) is 12.1 Å². The highest BCUT2D eigenvalue weighted by Gasteiger charge is 2.18. The van der Waals surface area contributed by atoms with Crippen LogP contribution in [0.1, 0.15) is 16.7 Å². The number of hydrogen-bond donors (Lipinski definition) is 0. The normalized spacial score (nSPS) is 10.9. The van der Waals surface area contributed by atoms with Crippen molar-refractivity contribution in [2.45, 2.75) is 13.8 Å². The van der Waals surface area contributed by atoms with Crippen LogP contribution in [0.25, 0.3) is 11.3 Å². The molecule has 0 saturated carbocycles. The fraction of sp³-hybridized carbons (Fsp3) is 0.190. The topological polar surface area (TPSA) is 61.5 Å². The molecule has 1 aromatic heterocycles. The molecule has 0 aliphatic carbocycles. The number of benzene rings is 2. The van der Waals surface area contributed by atoms with Crippen LogP contribution in [-0.4, -0.2) is 29.7 Å². The third-order valence-corrected chi connectivity index (χ3v) is 4.74. The number of nitrogens with zero attached hydrogens (tertiary/aromatic N) is 4. The standard InChI is InChI=1S/C21H19FN4OS/c1-13-10-19(14(2)9-18(13)24-12-26(3)4)27-21-17(11-23)20(25-28-21)15-5-7-16(22)8-6-15/h5-10,12H,1-4H3. The van der Waals surface area contributed by atoms with E-state index in [9.17, 15) is 9.65 Å². The average molecular weight is 394 g/mol. The largest absolute Gasteiger partial charge is 0.443 e. The molecule has 2 aromatic carbocycles. The fourth-order valence-corrected chi connectivity index (χ4v) is 3.28.